The maximum Gasteiger partial charge on any atom is 1.00 e. The molecule has 0 aliphatic heterocycles. The fourth-order valence-electron chi connectivity index (χ4n) is 1.83. The molecule has 0 spiro atoms. The number of fused-ring (bicyclic) bond motifs is 1. The SMILES string of the molecule is Cc1cc(S(=O)(=O)[O-])c2ccccc2c1C.[Na+]. The molecule has 0 aliphatic carbocycles. The third-order valence-electron chi connectivity index (χ3n) is 2.80. The van der Waals surface area contributed by atoms with E-state index in [9.17, 15) is 13.0 Å². The van der Waals surface area contributed by atoms with E-state index in [1.165, 1.54) is 6.07 Å². The summed E-state index contributed by atoms with van der Waals surface area (Å²) in [5.41, 5.74) is 1.82. The van der Waals surface area contributed by atoms with Crippen molar-refractivity contribution in [2.45, 2.75) is 18.7 Å². The van der Waals surface area contributed by atoms with Gasteiger partial charge >= 0.3 is 29.6 Å². The second kappa shape index (κ2) is 5.08. The molecule has 2 aromatic rings. The van der Waals surface area contributed by atoms with Crippen molar-refractivity contribution in [2.24, 2.45) is 0 Å². The standard InChI is InChI=1S/C12H12O3S.Na/c1-8-7-12(16(13,14)15)11-6-4-3-5-10(11)9(8)2;/h3-7H,1-2H3,(H,13,14,15);/q;+1/p-1. The van der Waals surface area contributed by atoms with Crippen LogP contribution in [0, 0.1) is 13.8 Å². The maximum atomic E-state index is 11.2. The number of hydrogen-bond acceptors (Lipinski definition) is 3. The van der Waals surface area contributed by atoms with Gasteiger partial charge in [-0.15, -0.1) is 0 Å². The molecule has 0 bridgehead atoms. The molecule has 3 nitrogen and oxygen atoms in total. The van der Waals surface area contributed by atoms with Crippen molar-refractivity contribution in [1.29, 1.82) is 0 Å². The van der Waals surface area contributed by atoms with Gasteiger partial charge in [-0.25, -0.2) is 8.42 Å². The Bertz CT molecular complexity index is 663. The second-order valence-electron chi connectivity index (χ2n) is 3.82. The number of rotatable bonds is 1. The van der Waals surface area contributed by atoms with Crippen LogP contribution in [0.5, 0.6) is 0 Å². The Morgan fingerprint density at radius 2 is 1.59 bits per heavy atom. The van der Waals surface area contributed by atoms with Crippen LogP contribution in [0.2, 0.25) is 0 Å². The van der Waals surface area contributed by atoms with Crippen molar-refractivity contribution in [3.05, 3.63) is 41.5 Å². The summed E-state index contributed by atoms with van der Waals surface area (Å²) in [5, 5.41) is 1.32. The molecule has 0 saturated carbocycles. The van der Waals surface area contributed by atoms with Gasteiger partial charge in [0.05, 0.1) is 4.90 Å². The molecule has 0 unspecified atom stereocenters. The van der Waals surface area contributed by atoms with Crippen LogP contribution in [0.4, 0.5) is 0 Å². The van der Waals surface area contributed by atoms with E-state index in [-0.39, 0.29) is 34.5 Å². The topological polar surface area (TPSA) is 57.2 Å². The molecule has 17 heavy (non-hydrogen) atoms. The molecule has 2 aromatic carbocycles. The van der Waals surface area contributed by atoms with Crippen molar-refractivity contribution in [2.75, 3.05) is 0 Å². The summed E-state index contributed by atoms with van der Waals surface area (Å²) in [6, 6.07) is 8.49. The first-order chi connectivity index (χ1) is 7.41. The zero-order chi connectivity index (χ0) is 11.9. The molecule has 0 heterocycles. The molecule has 5 heteroatoms. The Morgan fingerprint density at radius 1 is 1.06 bits per heavy atom. The van der Waals surface area contributed by atoms with E-state index in [0.717, 1.165) is 16.5 Å². The van der Waals surface area contributed by atoms with E-state index < -0.39 is 10.1 Å². The predicted molar refractivity (Wildman–Crippen MR) is 61.4 cm³/mol. The number of hydrogen-bond donors (Lipinski definition) is 0. The van der Waals surface area contributed by atoms with Gasteiger partial charge in [-0.3, -0.25) is 0 Å². The van der Waals surface area contributed by atoms with Crippen LogP contribution in [0.1, 0.15) is 11.1 Å². The summed E-state index contributed by atoms with van der Waals surface area (Å²) < 4.78 is 33.5. The summed E-state index contributed by atoms with van der Waals surface area (Å²) in [6.45, 7) is 3.72. The molecule has 0 atom stereocenters. The average molecular weight is 258 g/mol. The monoisotopic (exact) mass is 258 g/mol. The largest absolute Gasteiger partial charge is 1.00 e. The van der Waals surface area contributed by atoms with Gasteiger partial charge in [-0.1, -0.05) is 24.3 Å². The minimum Gasteiger partial charge on any atom is -0.744 e. The molecule has 0 aromatic heterocycles. The molecule has 84 valence electrons. The third kappa shape index (κ3) is 2.72. The van der Waals surface area contributed by atoms with E-state index in [4.69, 9.17) is 0 Å². The van der Waals surface area contributed by atoms with Crippen LogP contribution in [0.25, 0.3) is 10.8 Å². The summed E-state index contributed by atoms with van der Waals surface area (Å²) >= 11 is 0. The smallest absolute Gasteiger partial charge is 0.744 e. The van der Waals surface area contributed by atoms with Gasteiger partial charge in [0.1, 0.15) is 10.1 Å². The van der Waals surface area contributed by atoms with Gasteiger partial charge < -0.3 is 4.55 Å². The van der Waals surface area contributed by atoms with Gasteiger partial charge in [0.15, 0.2) is 0 Å². The molecular weight excluding hydrogens is 247 g/mol. The molecule has 2 rings (SSSR count). The zero-order valence-electron chi connectivity index (χ0n) is 10.0. The maximum absolute atomic E-state index is 11.2. The third-order valence-corrected chi connectivity index (χ3v) is 3.68. The number of aryl methyl sites for hydroxylation is 2. The molecule has 0 saturated heterocycles. The van der Waals surface area contributed by atoms with Crippen LogP contribution in [-0.4, -0.2) is 13.0 Å². The Kier molecular flexibility index (Phi) is 4.38. The quantitative estimate of drug-likeness (QED) is 0.505. The minimum atomic E-state index is -4.42. The van der Waals surface area contributed by atoms with Gasteiger partial charge in [-0.2, -0.15) is 0 Å². The first-order valence-corrected chi connectivity index (χ1v) is 6.27. The fourth-order valence-corrected chi connectivity index (χ4v) is 2.60. The first kappa shape index (κ1) is 14.7. The van der Waals surface area contributed by atoms with Gasteiger partial charge in [0.2, 0.25) is 0 Å². The van der Waals surface area contributed by atoms with E-state index in [1.807, 2.05) is 19.1 Å². The van der Waals surface area contributed by atoms with Crippen LogP contribution >= 0.6 is 0 Å². The average Bonchev–Trinajstić information content (AvgIpc) is 2.22. The summed E-state index contributed by atoms with van der Waals surface area (Å²) in [6.07, 6.45) is 0. The predicted octanol–water partition coefficient (Wildman–Crippen LogP) is -0.635. The van der Waals surface area contributed by atoms with Crippen molar-refractivity contribution >= 4 is 20.9 Å². The van der Waals surface area contributed by atoms with E-state index >= 15 is 0 Å². The summed E-state index contributed by atoms with van der Waals surface area (Å²) in [5.74, 6) is 0. The van der Waals surface area contributed by atoms with Crippen molar-refractivity contribution in [3.8, 4) is 0 Å². The fraction of sp³-hybridized carbons (Fsp3) is 0.167. The van der Waals surface area contributed by atoms with Gasteiger partial charge in [0, 0.05) is 0 Å². The van der Waals surface area contributed by atoms with Crippen molar-refractivity contribution in [1.82, 2.24) is 0 Å². The molecule has 0 amide bonds. The molecule has 0 N–H and O–H groups in total. The van der Waals surface area contributed by atoms with E-state index in [2.05, 4.69) is 0 Å². The number of benzene rings is 2. The first-order valence-electron chi connectivity index (χ1n) is 4.86. The normalized spacial score (nSPS) is 11.2. The molecular formula is C12H11NaO3S. The van der Waals surface area contributed by atoms with Crippen LogP contribution in [0.3, 0.4) is 0 Å². The summed E-state index contributed by atoms with van der Waals surface area (Å²) in [7, 11) is -4.42. The second-order valence-corrected chi connectivity index (χ2v) is 5.16. The van der Waals surface area contributed by atoms with Crippen molar-refractivity contribution in [3.63, 3.8) is 0 Å². The van der Waals surface area contributed by atoms with Gasteiger partial charge in [0.25, 0.3) is 0 Å². The van der Waals surface area contributed by atoms with Crippen LogP contribution < -0.4 is 29.6 Å². The van der Waals surface area contributed by atoms with Crippen LogP contribution in [-0.2, 0) is 10.1 Å². The zero-order valence-corrected chi connectivity index (χ0v) is 12.8. The Balaban J connectivity index is 0.00000144. The van der Waals surface area contributed by atoms with Gasteiger partial charge in [-0.05, 0) is 41.8 Å². The molecule has 0 aliphatic rings. The minimum absolute atomic E-state index is 0. The van der Waals surface area contributed by atoms with E-state index in [0.29, 0.717) is 5.39 Å². The Morgan fingerprint density at radius 3 is 2.12 bits per heavy atom. The molecule has 0 fully saturated rings. The molecule has 0 radical (unpaired) electrons. The summed E-state index contributed by atoms with van der Waals surface area (Å²) in [4.78, 5) is -0.133. The Hall–Kier alpha value is -0.390. The van der Waals surface area contributed by atoms with Crippen LogP contribution in [0.15, 0.2) is 35.2 Å². The van der Waals surface area contributed by atoms with Crippen molar-refractivity contribution < 1.29 is 42.5 Å². The van der Waals surface area contributed by atoms with E-state index in [1.54, 1.807) is 19.1 Å². The Labute approximate surface area is 123 Å².